The molecule has 0 unspecified atom stereocenters. The average molecular weight is 201 g/mol. The fourth-order valence-corrected chi connectivity index (χ4v) is 2.17. The van der Waals surface area contributed by atoms with Crippen molar-refractivity contribution in [2.75, 3.05) is 5.73 Å². The van der Waals surface area contributed by atoms with Crippen LogP contribution in [0.4, 0.5) is 5.69 Å². The van der Waals surface area contributed by atoms with Crippen molar-refractivity contribution >= 4 is 16.7 Å². The van der Waals surface area contributed by atoms with Crippen molar-refractivity contribution in [3.8, 4) is 0 Å². The number of imidazole rings is 1. The minimum Gasteiger partial charge on any atom is -0.397 e. The van der Waals surface area contributed by atoms with Crippen LogP contribution in [0.3, 0.4) is 0 Å². The van der Waals surface area contributed by atoms with Gasteiger partial charge in [-0.05, 0) is 18.1 Å². The zero-order valence-electron chi connectivity index (χ0n) is 8.66. The summed E-state index contributed by atoms with van der Waals surface area (Å²) < 4.78 is 0. The highest BCUT2D eigenvalue weighted by Crippen LogP contribution is 2.29. The normalized spacial score (nSPS) is 16.8. The Morgan fingerprint density at radius 2 is 2.27 bits per heavy atom. The molecule has 3 rings (SSSR count). The van der Waals surface area contributed by atoms with E-state index in [9.17, 15) is 0 Å². The first kappa shape index (κ1) is 8.77. The lowest BCUT2D eigenvalue weighted by atomic mass is 9.83. The number of hydrogen-bond acceptors (Lipinski definition) is 2. The number of anilines is 1. The molecule has 1 fully saturated rings. The van der Waals surface area contributed by atoms with Crippen LogP contribution in [0.1, 0.15) is 25.1 Å². The standard InChI is InChI=1S/C12H15N3/c13-9-5-2-6-10-12(9)15-11(14-10)7-8-3-1-4-8/h2,5-6,8H,1,3-4,7,13H2,(H,14,15). The van der Waals surface area contributed by atoms with Crippen LogP contribution >= 0.6 is 0 Å². The van der Waals surface area contributed by atoms with Crippen LogP contribution < -0.4 is 5.73 Å². The van der Waals surface area contributed by atoms with Crippen molar-refractivity contribution in [1.29, 1.82) is 0 Å². The van der Waals surface area contributed by atoms with Crippen LogP contribution in [0.5, 0.6) is 0 Å². The largest absolute Gasteiger partial charge is 0.397 e. The lowest BCUT2D eigenvalue weighted by molar-refractivity contribution is 0.310. The molecule has 1 heterocycles. The van der Waals surface area contributed by atoms with Crippen molar-refractivity contribution in [2.24, 2.45) is 5.92 Å². The molecule has 1 aromatic carbocycles. The molecule has 0 radical (unpaired) electrons. The number of hydrogen-bond donors (Lipinski definition) is 2. The van der Waals surface area contributed by atoms with Crippen molar-refractivity contribution in [3.63, 3.8) is 0 Å². The number of nitrogens with zero attached hydrogens (tertiary/aromatic N) is 1. The molecule has 1 aromatic heterocycles. The summed E-state index contributed by atoms with van der Waals surface area (Å²) in [6.45, 7) is 0. The fourth-order valence-electron chi connectivity index (χ4n) is 2.17. The van der Waals surface area contributed by atoms with E-state index in [0.717, 1.165) is 34.9 Å². The molecule has 0 amide bonds. The molecule has 1 aliphatic rings. The van der Waals surface area contributed by atoms with E-state index in [0.29, 0.717) is 0 Å². The second-order valence-electron chi connectivity index (χ2n) is 4.43. The monoisotopic (exact) mass is 201 g/mol. The summed E-state index contributed by atoms with van der Waals surface area (Å²) in [5.74, 6) is 1.93. The SMILES string of the molecule is Nc1cccc2[nH]c(CC3CCC3)nc12. The average Bonchev–Trinajstić information content (AvgIpc) is 2.56. The molecule has 0 bridgehead atoms. The van der Waals surface area contributed by atoms with Crippen LogP contribution in [-0.2, 0) is 6.42 Å². The molecular formula is C12H15N3. The van der Waals surface area contributed by atoms with Crippen molar-refractivity contribution < 1.29 is 0 Å². The molecule has 3 heteroatoms. The summed E-state index contributed by atoms with van der Waals surface area (Å²) in [5, 5.41) is 0. The number of fused-ring (bicyclic) bond motifs is 1. The van der Waals surface area contributed by atoms with Gasteiger partial charge in [0.05, 0.1) is 11.2 Å². The van der Waals surface area contributed by atoms with E-state index in [1.807, 2.05) is 18.2 Å². The van der Waals surface area contributed by atoms with Gasteiger partial charge in [-0.25, -0.2) is 4.98 Å². The minimum absolute atomic E-state index is 0.767. The van der Waals surface area contributed by atoms with E-state index in [2.05, 4.69) is 9.97 Å². The smallest absolute Gasteiger partial charge is 0.111 e. The first-order valence-electron chi connectivity index (χ1n) is 5.56. The second kappa shape index (κ2) is 3.26. The lowest BCUT2D eigenvalue weighted by Gasteiger charge is -2.23. The van der Waals surface area contributed by atoms with Gasteiger partial charge in [0.25, 0.3) is 0 Å². The van der Waals surface area contributed by atoms with Crippen molar-refractivity contribution in [1.82, 2.24) is 9.97 Å². The van der Waals surface area contributed by atoms with Gasteiger partial charge in [0.2, 0.25) is 0 Å². The van der Waals surface area contributed by atoms with Gasteiger partial charge >= 0.3 is 0 Å². The zero-order chi connectivity index (χ0) is 10.3. The molecular weight excluding hydrogens is 186 g/mol. The summed E-state index contributed by atoms with van der Waals surface area (Å²) in [7, 11) is 0. The molecule has 0 spiro atoms. The van der Waals surface area contributed by atoms with E-state index < -0.39 is 0 Å². The summed E-state index contributed by atoms with van der Waals surface area (Å²) in [5.41, 5.74) is 8.61. The predicted molar refractivity (Wildman–Crippen MR) is 61.6 cm³/mol. The Bertz CT molecular complexity index is 483. The Kier molecular flexibility index (Phi) is 1.91. The Morgan fingerprint density at radius 3 is 2.93 bits per heavy atom. The molecule has 3 N–H and O–H groups in total. The Hall–Kier alpha value is -1.51. The highest BCUT2D eigenvalue weighted by Gasteiger charge is 2.19. The van der Waals surface area contributed by atoms with Gasteiger partial charge in [-0.15, -0.1) is 0 Å². The van der Waals surface area contributed by atoms with Gasteiger partial charge < -0.3 is 10.7 Å². The van der Waals surface area contributed by atoms with Gasteiger partial charge in [0.1, 0.15) is 11.3 Å². The third kappa shape index (κ3) is 1.48. The van der Waals surface area contributed by atoms with Gasteiger partial charge in [-0.3, -0.25) is 0 Å². The molecule has 15 heavy (non-hydrogen) atoms. The van der Waals surface area contributed by atoms with Crippen LogP contribution in [-0.4, -0.2) is 9.97 Å². The lowest BCUT2D eigenvalue weighted by Crippen LogP contribution is -2.14. The Balaban J connectivity index is 1.95. The number of rotatable bonds is 2. The molecule has 1 saturated carbocycles. The molecule has 1 aliphatic carbocycles. The highest BCUT2D eigenvalue weighted by molar-refractivity contribution is 5.86. The van der Waals surface area contributed by atoms with Gasteiger partial charge in [0, 0.05) is 6.42 Å². The fraction of sp³-hybridized carbons (Fsp3) is 0.417. The number of para-hydroxylation sites is 1. The predicted octanol–water partition coefficient (Wildman–Crippen LogP) is 2.49. The zero-order valence-corrected chi connectivity index (χ0v) is 8.66. The molecule has 78 valence electrons. The van der Waals surface area contributed by atoms with Gasteiger partial charge in [-0.2, -0.15) is 0 Å². The number of nitrogens with two attached hydrogens (primary N) is 1. The highest BCUT2D eigenvalue weighted by atomic mass is 14.9. The molecule has 0 atom stereocenters. The minimum atomic E-state index is 0.767. The summed E-state index contributed by atoms with van der Waals surface area (Å²) >= 11 is 0. The Labute approximate surface area is 88.7 Å². The number of aromatic nitrogens is 2. The van der Waals surface area contributed by atoms with Gasteiger partial charge in [0.15, 0.2) is 0 Å². The van der Waals surface area contributed by atoms with E-state index in [1.54, 1.807) is 0 Å². The van der Waals surface area contributed by atoms with Crippen LogP contribution in [0, 0.1) is 5.92 Å². The quantitative estimate of drug-likeness (QED) is 0.733. The number of benzene rings is 1. The van der Waals surface area contributed by atoms with Crippen molar-refractivity contribution in [2.45, 2.75) is 25.7 Å². The van der Waals surface area contributed by atoms with E-state index in [-0.39, 0.29) is 0 Å². The van der Waals surface area contributed by atoms with Gasteiger partial charge in [-0.1, -0.05) is 25.3 Å². The van der Waals surface area contributed by atoms with E-state index >= 15 is 0 Å². The molecule has 0 saturated heterocycles. The third-order valence-corrected chi connectivity index (χ3v) is 3.30. The summed E-state index contributed by atoms with van der Waals surface area (Å²) in [6, 6.07) is 5.89. The number of aromatic amines is 1. The molecule has 2 aromatic rings. The maximum Gasteiger partial charge on any atom is 0.111 e. The number of H-pyrrole nitrogens is 1. The van der Waals surface area contributed by atoms with E-state index in [1.165, 1.54) is 19.3 Å². The maximum absolute atomic E-state index is 5.86. The summed E-state index contributed by atoms with van der Waals surface area (Å²) in [6.07, 6.45) is 5.17. The third-order valence-electron chi connectivity index (χ3n) is 3.30. The number of nitrogen functional groups attached to an aromatic ring is 1. The van der Waals surface area contributed by atoms with Crippen LogP contribution in [0.25, 0.3) is 11.0 Å². The number of nitrogens with one attached hydrogen (secondary N) is 1. The van der Waals surface area contributed by atoms with E-state index in [4.69, 9.17) is 5.73 Å². The molecule has 3 nitrogen and oxygen atoms in total. The maximum atomic E-state index is 5.86. The van der Waals surface area contributed by atoms with Crippen LogP contribution in [0.2, 0.25) is 0 Å². The first-order chi connectivity index (χ1) is 7.33. The first-order valence-corrected chi connectivity index (χ1v) is 5.56. The second-order valence-corrected chi connectivity index (χ2v) is 4.43. The topological polar surface area (TPSA) is 54.7 Å². The van der Waals surface area contributed by atoms with Crippen LogP contribution in [0.15, 0.2) is 18.2 Å². The molecule has 0 aliphatic heterocycles. The summed E-state index contributed by atoms with van der Waals surface area (Å²) in [4.78, 5) is 7.90. The Morgan fingerprint density at radius 1 is 1.40 bits per heavy atom. The van der Waals surface area contributed by atoms with Crippen molar-refractivity contribution in [3.05, 3.63) is 24.0 Å².